The first-order valence-corrected chi connectivity index (χ1v) is 6.41. The largest absolute Gasteiger partial charge is 0.496 e. The summed E-state index contributed by atoms with van der Waals surface area (Å²) in [6.07, 6.45) is 0. The summed E-state index contributed by atoms with van der Waals surface area (Å²) in [4.78, 5) is 2.47. The van der Waals surface area contributed by atoms with Crippen molar-refractivity contribution < 1.29 is 9.47 Å². The quantitative estimate of drug-likeness (QED) is 0.852. The van der Waals surface area contributed by atoms with Crippen molar-refractivity contribution in [3.05, 3.63) is 29.3 Å². The van der Waals surface area contributed by atoms with Gasteiger partial charge in [-0.15, -0.1) is 0 Å². The van der Waals surface area contributed by atoms with E-state index in [1.807, 2.05) is 6.07 Å². The molecule has 1 aromatic carbocycles. The summed E-state index contributed by atoms with van der Waals surface area (Å²) in [5, 5.41) is 3.37. The van der Waals surface area contributed by atoms with E-state index in [1.165, 1.54) is 5.56 Å². The first kappa shape index (κ1) is 13.3. The molecule has 1 aliphatic heterocycles. The van der Waals surface area contributed by atoms with E-state index in [4.69, 9.17) is 9.47 Å². The maximum Gasteiger partial charge on any atom is 0.124 e. The molecule has 0 spiro atoms. The van der Waals surface area contributed by atoms with Crippen molar-refractivity contribution in [3.8, 4) is 5.75 Å². The van der Waals surface area contributed by atoms with Crippen LogP contribution >= 0.6 is 0 Å². The number of piperazine rings is 1. The number of nitrogens with zero attached hydrogens (tertiary/aromatic N) is 1. The van der Waals surface area contributed by atoms with Gasteiger partial charge in [-0.1, -0.05) is 6.07 Å². The zero-order chi connectivity index (χ0) is 12.8. The van der Waals surface area contributed by atoms with Crippen LogP contribution in [0.25, 0.3) is 0 Å². The SMILES string of the molecule is COCc1cc(CN2CCNCC2)ccc1OC. The van der Waals surface area contributed by atoms with Crippen LogP contribution in [0.5, 0.6) is 5.75 Å². The van der Waals surface area contributed by atoms with Gasteiger partial charge in [0.2, 0.25) is 0 Å². The predicted molar refractivity (Wildman–Crippen MR) is 71.9 cm³/mol. The highest BCUT2D eigenvalue weighted by molar-refractivity contribution is 5.36. The molecular weight excluding hydrogens is 228 g/mol. The van der Waals surface area contributed by atoms with Gasteiger partial charge in [0.05, 0.1) is 13.7 Å². The summed E-state index contributed by atoms with van der Waals surface area (Å²) in [6.45, 7) is 6.00. The molecule has 1 N–H and O–H groups in total. The molecule has 100 valence electrons. The van der Waals surface area contributed by atoms with Crippen molar-refractivity contribution >= 4 is 0 Å². The highest BCUT2D eigenvalue weighted by Gasteiger charge is 2.11. The summed E-state index contributed by atoms with van der Waals surface area (Å²) in [5.41, 5.74) is 2.44. The van der Waals surface area contributed by atoms with Crippen molar-refractivity contribution in [2.75, 3.05) is 40.4 Å². The minimum absolute atomic E-state index is 0.596. The maximum absolute atomic E-state index is 5.34. The first-order chi connectivity index (χ1) is 8.83. The van der Waals surface area contributed by atoms with E-state index in [0.29, 0.717) is 6.61 Å². The number of hydrogen-bond acceptors (Lipinski definition) is 4. The smallest absolute Gasteiger partial charge is 0.124 e. The van der Waals surface area contributed by atoms with E-state index in [2.05, 4.69) is 22.3 Å². The third-order valence-electron chi connectivity index (χ3n) is 3.26. The predicted octanol–water partition coefficient (Wildman–Crippen LogP) is 1.25. The summed E-state index contributed by atoms with van der Waals surface area (Å²) >= 11 is 0. The molecule has 0 radical (unpaired) electrons. The average Bonchev–Trinajstić information content (AvgIpc) is 2.41. The van der Waals surface area contributed by atoms with Crippen LogP contribution in [-0.4, -0.2) is 45.3 Å². The monoisotopic (exact) mass is 250 g/mol. The summed E-state index contributed by atoms with van der Waals surface area (Å²) in [6, 6.07) is 6.36. The molecular formula is C14H22N2O2. The van der Waals surface area contributed by atoms with Gasteiger partial charge in [0.1, 0.15) is 5.75 Å². The Labute approximate surface area is 109 Å². The molecule has 0 unspecified atom stereocenters. The fourth-order valence-corrected chi connectivity index (χ4v) is 2.33. The van der Waals surface area contributed by atoms with Crippen molar-refractivity contribution in [3.63, 3.8) is 0 Å². The molecule has 0 bridgehead atoms. The van der Waals surface area contributed by atoms with Crippen LogP contribution in [0.2, 0.25) is 0 Å². The molecule has 0 saturated carbocycles. The number of nitrogens with one attached hydrogen (secondary N) is 1. The summed E-state index contributed by atoms with van der Waals surface area (Å²) < 4.78 is 10.6. The Morgan fingerprint density at radius 1 is 1.22 bits per heavy atom. The third-order valence-corrected chi connectivity index (χ3v) is 3.26. The Kier molecular flexibility index (Phi) is 4.99. The second-order valence-electron chi connectivity index (χ2n) is 4.61. The molecule has 4 heteroatoms. The zero-order valence-electron chi connectivity index (χ0n) is 11.2. The first-order valence-electron chi connectivity index (χ1n) is 6.41. The number of hydrogen-bond donors (Lipinski definition) is 1. The van der Waals surface area contributed by atoms with Crippen LogP contribution in [0.1, 0.15) is 11.1 Å². The minimum atomic E-state index is 0.596. The molecule has 1 aromatic rings. The molecule has 0 amide bonds. The molecule has 1 saturated heterocycles. The standard InChI is InChI=1S/C14H22N2O2/c1-17-11-13-9-12(3-4-14(13)18-2)10-16-7-5-15-6-8-16/h3-4,9,15H,5-8,10-11H2,1-2H3. The van der Waals surface area contributed by atoms with E-state index in [1.54, 1.807) is 14.2 Å². The van der Waals surface area contributed by atoms with Gasteiger partial charge in [0.25, 0.3) is 0 Å². The fraction of sp³-hybridized carbons (Fsp3) is 0.571. The van der Waals surface area contributed by atoms with E-state index in [-0.39, 0.29) is 0 Å². The number of ether oxygens (including phenoxy) is 2. The Morgan fingerprint density at radius 3 is 2.67 bits per heavy atom. The topological polar surface area (TPSA) is 33.7 Å². The van der Waals surface area contributed by atoms with Gasteiger partial charge in [-0.25, -0.2) is 0 Å². The van der Waals surface area contributed by atoms with Crippen LogP contribution < -0.4 is 10.1 Å². The molecule has 18 heavy (non-hydrogen) atoms. The maximum atomic E-state index is 5.34. The fourth-order valence-electron chi connectivity index (χ4n) is 2.33. The zero-order valence-corrected chi connectivity index (χ0v) is 11.2. The minimum Gasteiger partial charge on any atom is -0.496 e. The van der Waals surface area contributed by atoms with Gasteiger partial charge < -0.3 is 14.8 Å². The summed E-state index contributed by atoms with van der Waals surface area (Å²) in [5.74, 6) is 0.904. The van der Waals surface area contributed by atoms with E-state index >= 15 is 0 Å². The van der Waals surface area contributed by atoms with Crippen molar-refractivity contribution in [2.45, 2.75) is 13.2 Å². The third kappa shape index (κ3) is 3.45. The normalized spacial score (nSPS) is 16.8. The van der Waals surface area contributed by atoms with Crippen molar-refractivity contribution in [2.24, 2.45) is 0 Å². The lowest BCUT2D eigenvalue weighted by Gasteiger charge is -2.27. The molecule has 1 fully saturated rings. The second-order valence-corrected chi connectivity index (χ2v) is 4.61. The molecule has 0 aromatic heterocycles. The molecule has 0 aliphatic carbocycles. The van der Waals surface area contributed by atoms with Gasteiger partial charge >= 0.3 is 0 Å². The molecule has 1 heterocycles. The Balaban J connectivity index is 2.05. The van der Waals surface area contributed by atoms with Crippen LogP contribution in [0.3, 0.4) is 0 Å². The van der Waals surface area contributed by atoms with E-state index < -0.39 is 0 Å². The van der Waals surface area contributed by atoms with Gasteiger partial charge in [-0.3, -0.25) is 4.90 Å². The Bertz CT molecular complexity index is 376. The van der Waals surface area contributed by atoms with Crippen molar-refractivity contribution in [1.29, 1.82) is 0 Å². The molecule has 1 aliphatic rings. The highest BCUT2D eigenvalue weighted by atomic mass is 16.5. The van der Waals surface area contributed by atoms with Crippen LogP contribution in [-0.2, 0) is 17.9 Å². The number of rotatable bonds is 5. The van der Waals surface area contributed by atoms with Gasteiger partial charge in [-0.05, 0) is 17.7 Å². The highest BCUT2D eigenvalue weighted by Crippen LogP contribution is 2.21. The lowest BCUT2D eigenvalue weighted by molar-refractivity contribution is 0.181. The van der Waals surface area contributed by atoms with Gasteiger partial charge in [-0.2, -0.15) is 0 Å². The summed E-state index contributed by atoms with van der Waals surface area (Å²) in [7, 11) is 3.41. The molecule has 0 atom stereocenters. The van der Waals surface area contributed by atoms with Crippen molar-refractivity contribution in [1.82, 2.24) is 10.2 Å². The number of benzene rings is 1. The van der Waals surface area contributed by atoms with Crippen LogP contribution in [0.15, 0.2) is 18.2 Å². The second kappa shape index (κ2) is 6.73. The lowest BCUT2D eigenvalue weighted by Crippen LogP contribution is -2.42. The average molecular weight is 250 g/mol. The van der Waals surface area contributed by atoms with Gasteiger partial charge in [0.15, 0.2) is 0 Å². The van der Waals surface area contributed by atoms with Crippen LogP contribution in [0, 0.1) is 0 Å². The van der Waals surface area contributed by atoms with E-state index in [9.17, 15) is 0 Å². The van der Waals surface area contributed by atoms with Crippen LogP contribution in [0.4, 0.5) is 0 Å². The Morgan fingerprint density at radius 2 is 2.00 bits per heavy atom. The Hall–Kier alpha value is -1.10. The lowest BCUT2D eigenvalue weighted by atomic mass is 10.1. The van der Waals surface area contributed by atoms with E-state index in [0.717, 1.165) is 44.0 Å². The molecule has 2 rings (SSSR count). The molecule has 4 nitrogen and oxygen atoms in total. The number of methoxy groups -OCH3 is 2. The van der Waals surface area contributed by atoms with Gasteiger partial charge in [0, 0.05) is 45.4 Å².